The summed E-state index contributed by atoms with van der Waals surface area (Å²) in [6.45, 7) is 3.69. The van der Waals surface area contributed by atoms with Crippen LogP contribution in [-0.2, 0) is 16.0 Å². The highest BCUT2D eigenvalue weighted by atomic mass is 32.2. The molecule has 0 spiro atoms. The molecule has 2 rings (SSSR count). The van der Waals surface area contributed by atoms with Gasteiger partial charge in [0.25, 0.3) is 0 Å². The van der Waals surface area contributed by atoms with Gasteiger partial charge in [-0.05, 0) is 5.56 Å². The molecule has 0 aliphatic rings. The maximum absolute atomic E-state index is 11.4. The van der Waals surface area contributed by atoms with E-state index in [9.17, 15) is 4.79 Å². The van der Waals surface area contributed by atoms with E-state index in [2.05, 4.69) is 16.5 Å². The average molecular weight is 315 g/mol. The summed E-state index contributed by atoms with van der Waals surface area (Å²) in [4.78, 5) is 19.8. The predicted octanol–water partition coefficient (Wildman–Crippen LogP) is 2.47. The molecular formula is C16H17N3O2S. The summed E-state index contributed by atoms with van der Waals surface area (Å²) in [7, 11) is 0. The van der Waals surface area contributed by atoms with Crippen molar-refractivity contribution in [1.29, 1.82) is 0 Å². The Morgan fingerprint density at radius 3 is 2.82 bits per heavy atom. The van der Waals surface area contributed by atoms with Crippen LogP contribution in [0.4, 0.5) is 5.82 Å². The van der Waals surface area contributed by atoms with Crippen LogP contribution in [-0.4, -0.2) is 28.3 Å². The molecule has 5 nitrogen and oxygen atoms in total. The third-order valence-electron chi connectivity index (χ3n) is 2.79. The molecule has 0 unspecified atom stereocenters. The lowest BCUT2D eigenvalue weighted by atomic mass is 10.1. The Morgan fingerprint density at radius 2 is 2.14 bits per heavy atom. The molecule has 1 heterocycles. The first-order valence-electron chi connectivity index (χ1n) is 6.73. The molecule has 1 aromatic carbocycles. The van der Waals surface area contributed by atoms with Crippen molar-refractivity contribution in [3.05, 3.63) is 60.3 Å². The van der Waals surface area contributed by atoms with Crippen molar-refractivity contribution in [2.45, 2.75) is 11.6 Å². The number of nitrogens with zero attached hydrogens (tertiary/aromatic N) is 2. The average Bonchev–Trinajstić information content (AvgIpc) is 2.54. The zero-order chi connectivity index (χ0) is 15.8. The van der Waals surface area contributed by atoms with E-state index in [-0.39, 0.29) is 18.3 Å². The largest absolute Gasteiger partial charge is 0.461 e. The molecule has 2 aromatic rings. The molecule has 0 bridgehead atoms. The molecule has 0 radical (unpaired) electrons. The molecule has 114 valence electrons. The summed E-state index contributed by atoms with van der Waals surface area (Å²) >= 11 is 1.20. The van der Waals surface area contributed by atoms with E-state index in [1.165, 1.54) is 17.8 Å². The number of hydrogen-bond acceptors (Lipinski definition) is 6. The van der Waals surface area contributed by atoms with Gasteiger partial charge in [0.2, 0.25) is 0 Å². The fraction of sp³-hybridized carbons (Fsp3) is 0.188. The minimum atomic E-state index is -0.333. The molecule has 0 atom stereocenters. The van der Waals surface area contributed by atoms with Gasteiger partial charge in [-0.1, -0.05) is 54.7 Å². The van der Waals surface area contributed by atoms with Crippen LogP contribution in [0.15, 0.2) is 54.3 Å². The van der Waals surface area contributed by atoms with Gasteiger partial charge in [-0.25, -0.2) is 9.97 Å². The number of nitrogens with two attached hydrogens (primary N) is 1. The Hall–Kier alpha value is -2.34. The van der Waals surface area contributed by atoms with Gasteiger partial charge in [-0.3, -0.25) is 4.79 Å². The van der Waals surface area contributed by atoms with E-state index < -0.39 is 0 Å². The lowest BCUT2D eigenvalue weighted by Crippen LogP contribution is -2.08. The van der Waals surface area contributed by atoms with Crippen LogP contribution >= 0.6 is 11.8 Å². The number of hydrogen-bond donors (Lipinski definition) is 1. The lowest BCUT2D eigenvalue weighted by molar-refractivity contribution is -0.139. The number of ether oxygens (including phenoxy) is 1. The molecule has 0 aliphatic heterocycles. The fourth-order valence-corrected chi connectivity index (χ4v) is 2.36. The Bertz CT molecular complexity index is 647. The van der Waals surface area contributed by atoms with Crippen LogP contribution in [0.1, 0.15) is 11.1 Å². The van der Waals surface area contributed by atoms with Gasteiger partial charge < -0.3 is 10.5 Å². The summed E-state index contributed by atoms with van der Waals surface area (Å²) in [5, 5.41) is 0.463. The van der Waals surface area contributed by atoms with Crippen molar-refractivity contribution in [3.8, 4) is 0 Å². The van der Waals surface area contributed by atoms with Gasteiger partial charge in [-0.15, -0.1) is 0 Å². The molecule has 2 N–H and O–H groups in total. The van der Waals surface area contributed by atoms with E-state index >= 15 is 0 Å². The van der Waals surface area contributed by atoms with Crippen molar-refractivity contribution >= 4 is 23.5 Å². The fourth-order valence-electron chi connectivity index (χ4n) is 1.74. The molecular weight excluding hydrogens is 298 g/mol. The van der Waals surface area contributed by atoms with Crippen LogP contribution in [0.25, 0.3) is 0 Å². The van der Waals surface area contributed by atoms with Crippen LogP contribution < -0.4 is 5.73 Å². The van der Waals surface area contributed by atoms with Gasteiger partial charge in [0.1, 0.15) is 12.4 Å². The summed E-state index contributed by atoms with van der Waals surface area (Å²) in [6.07, 6.45) is 3.90. The van der Waals surface area contributed by atoms with Crippen LogP contribution in [0.3, 0.4) is 0 Å². The lowest BCUT2D eigenvalue weighted by Gasteiger charge is -2.06. The third kappa shape index (κ3) is 4.89. The highest BCUT2D eigenvalue weighted by molar-refractivity contribution is 7.99. The first-order chi connectivity index (χ1) is 10.7. The predicted molar refractivity (Wildman–Crippen MR) is 87.6 cm³/mol. The Kier molecular flexibility index (Phi) is 5.97. The highest BCUT2D eigenvalue weighted by Crippen LogP contribution is 2.18. The molecule has 0 fully saturated rings. The number of esters is 1. The van der Waals surface area contributed by atoms with Crippen LogP contribution in [0.5, 0.6) is 0 Å². The quantitative estimate of drug-likeness (QED) is 0.366. The van der Waals surface area contributed by atoms with Crippen molar-refractivity contribution < 1.29 is 9.53 Å². The Morgan fingerprint density at radius 1 is 1.36 bits per heavy atom. The molecule has 0 saturated carbocycles. The van der Waals surface area contributed by atoms with Crippen LogP contribution in [0, 0.1) is 0 Å². The van der Waals surface area contributed by atoms with E-state index in [0.29, 0.717) is 17.4 Å². The number of anilines is 1. The zero-order valence-electron chi connectivity index (χ0n) is 12.1. The smallest absolute Gasteiger partial charge is 0.316 e. The number of nitrogen functional groups attached to an aromatic ring is 1. The van der Waals surface area contributed by atoms with Gasteiger partial charge >= 0.3 is 5.97 Å². The SMILES string of the molecule is C=CCOC(=O)CSc1ncc(Cc2ccccc2)c(N)n1. The topological polar surface area (TPSA) is 78.1 Å². The first-order valence-corrected chi connectivity index (χ1v) is 7.72. The Balaban J connectivity index is 1.94. The number of benzene rings is 1. The maximum atomic E-state index is 11.4. The van der Waals surface area contributed by atoms with Crippen molar-refractivity contribution in [1.82, 2.24) is 9.97 Å². The molecule has 1 aromatic heterocycles. The minimum Gasteiger partial charge on any atom is -0.461 e. The van der Waals surface area contributed by atoms with Crippen molar-refractivity contribution in [2.24, 2.45) is 0 Å². The molecule has 0 saturated heterocycles. The Labute approximate surface area is 133 Å². The normalized spacial score (nSPS) is 10.2. The summed E-state index contributed by atoms with van der Waals surface area (Å²) in [5.41, 5.74) is 7.97. The molecule has 22 heavy (non-hydrogen) atoms. The zero-order valence-corrected chi connectivity index (χ0v) is 12.9. The van der Waals surface area contributed by atoms with E-state index in [0.717, 1.165) is 11.1 Å². The highest BCUT2D eigenvalue weighted by Gasteiger charge is 2.09. The molecule has 0 amide bonds. The second-order valence-corrected chi connectivity index (χ2v) is 5.43. The minimum absolute atomic E-state index is 0.144. The van der Waals surface area contributed by atoms with Gasteiger partial charge in [0.05, 0.1) is 5.75 Å². The summed E-state index contributed by atoms with van der Waals surface area (Å²) < 4.78 is 4.88. The van der Waals surface area contributed by atoms with E-state index in [4.69, 9.17) is 10.5 Å². The third-order valence-corrected chi connectivity index (χ3v) is 3.63. The number of carbonyl (C=O) groups excluding carboxylic acids is 1. The van der Waals surface area contributed by atoms with Crippen molar-refractivity contribution in [3.63, 3.8) is 0 Å². The number of carbonyl (C=O) groups is 1. The van der Waals surface area contributed by atoms with Gasteiger partial charge in [0.15, 0.2) is 5.16 Å². The monoisotopic (exact) mass is 315 g/mol. The number of aromatic nitrogens is 2. The van der Waals surface area contributed by atoms with Crippen molar-refractivity contribution in [2.75, 3.05) is 18.1 Å². The van der Waals surface area contributed by atoms with Gasteiger partial charge in [-0.2, -0.15) is 0 Å². The number of thioether (sulfide) groups is 1. The van der Waals surface area contributed by atoms with E-state index in [1.807, 2.05) is 30.3 Å². The summed E-state index contributed by atoms with van der Waals surface area (Å²) in [5.74, 6) is 0.243. The standard InChI is InChI=1S/C16H17N3O2S/c1-2-8-21-14(20)11-22-16-18-10-13(15(17)19-16)9-12-6-4-3-5-7-12/h2-7,10H,1,8-9,11H2,(H2,17,18,19). The number of rotatable bonds is 7. The maximum Gasteiger partial charge on any atom is 0.316 e. The second kappa shape index (κ2) is 8.19. The van der Waals surface area contributed by atoms with Crippen LogP contribution in [0.2, 0.25) is 0 Å². The first kappa shape index (κ1) is 16.0. The summed E-state index contributed by atoms with van der Waals surface area (Å²) in [6, 6.07) is 9.97. The molecule has 6 heteroatoms. The van der Waals surface area contributed by atoms with Gasteiger partial charge in [0, 0.05) is 18.2 Å². The van der Waals surface area contributed by atoms with E-state index in [1.54, 1.807) is 6.20 Å². The second-order valence-electron chi connectivity index (χ2n) is 4.49. The molecule has 0 aliphatic carbocycles.